The number of benzene rings is 2. The number of rotatable bonds is 3. The van der Waals surface area contributed by atoms with Crippen LogP contribution in [-0.4, -0.2) is 18.1 Å². The van der Waals surface area contributed by atoms with Crippen molar-refractivity contribution in [1.82, 2.24) is 0 Å². The number of ether oxygens (including phenoxy) is 1. The lowest BCUT2D eigenvalue weighted by Gasteiger charge is -2.09. The van der Waals surface area contributed by atoms with E-state index >= 15 is 0 Å². The summed E-state index contributed by atoms with van der Waals surface area (Å²) in [4.78, 5) is 12.2. The Morgan fingerprint density at radius 1 is 1.30 bits per heavy atom. The third-order valence-electron chi connectivity index (χ3n) is 2.61. The topological polar surface area (TPSA) is 58.6 Å². The first-order valence-electron chi connectivity index (χ1n) is 5.64. The van der Waals surface area contributed by atoms with E-state index in [4.69, 9.17) is 4.74 Å². The number of hydrogen-bond acceptors (Lipinski definition) is 3. The molecule has 2 aromatic rings. The molecule has 0 radical (unpaired) electrons. The number of phenols is 1. The summed E-state index contributed by atoms with van der Waals surface area (Å²) in [5.74, 6) is 0.106. The minimum absolute atomic E-state index is 0.0192. The van der Waals surface area contributed by atoms with Crippen LogP contribution in [0.1, 0.15) is 10.4 Å². The van der Waals surface area contributed by atoms with E-state index in [1.807, 2.05) is 12.1 Å². The molecule has 0 aliphatic heterocycles. The molecule has 20 heavy (non-hydrogen) atoms. The predicted molar refractivity (Wildman–Crippen MR) is 89.5 cm³/mol. The average Bonchev–Trinajstić information content (AvgIpc) is 2.41. The second kappa shape index (κ2) is 6.45. The van der Waals surface area contributed by atoms with Crippen LogP contribution in [-0.2, 0) is 0 Å². The molecule has 2 aromatic carbocycles. The molecule has 0 heterocycles. The van der Waals surface area contributed by atoms with Gasteiger partial charge in [-0.3, -0.25) is 4.79 Å². The van der Waals surface area contributed by atoms with Crippen LogP contribution in [0, 0.1) is 3.57 Å². The first kappa shape index (κ1) is 15.1. The highest BCUT2D eigenvalue weighted by atomic mass is 127. The SMILES string of the molecule is COc1ccc(NC(=O)c2cc(Br)ccc2I)cc1O. The molecule has 0 fully saturated rings. The number of phenolic OH excluding ortho intramolecular Hbond substituents is 1. The van der Waals surface area contributed by atoms with Gasteiger partial charge >= 0.3 is 0 Å². The second-order valence-electron chi connectivity index (χ2n) is 3.96. The first-order chi connectivity index (χ1) is 9.51. The molecule has 0 bridgehead atoms. The zero-order chi connectivity index (χ0) is 14.7. The molecule has 0 aliphatic carbocycles. The lowest BCUT2D eigenvalue weighted by atomic mass is 10.2. The van der Waals surface area contributed by atoms with E-state index in [-0.39, 0.29) is 11.7 Å². The van der Waals surface area contributed by atoms with Gasteiger partial charge in [0, 0.05) is 19.8 Å². The molecule has 1 amide bonds. The molecular formula is C14H11BrINO3. The van der Waals surface area contributed by atoms with Gasteiger partial charge in [0.2, 0.25) is 0 Å². The molecule has 0 aromatic heterocycles. The molecule has 2 N–H and O–H groups in total. The first-order valence-corrected chi connectivity index (χ1v) is 7.52. The fraction of sp³-hybridized carbons (Fsp3) is 0.0714. The van der Waals surface area contributed by atoms with E-state index in [9.17, 15) is 9.90 Å². The second-order valence-corrected chi connectivity index (χ2v) is 6.04. The van der Waals surface area contributed by atoms with Crippen LogP contribution in [0.4, 0.5) is 5.69 Å². The van der Waals surface area contributed by atoms with E-state index in [2.05, 4.69) is 43.8 Å². The fourth-order valence-corrected chi connectivity index (χ4v) is 2.58. The van der Waals surface area contributed by atoms with E-state index in [0.717, 1.165) is 8.04 Å². The van der Waals surface area contributed by atoms with Crippen molar-refractivity contribution in [1.29, 1.82) is 0 Å². The molecule has 0 atom stereocenters. The van der Waals surface area contributed by atoms with Gasteiger partial charge in [-0.15, -0.1) is 0 Å². The predicted octanol–water partition coefficient (Wildman–Crippen LogP) is 4.02. The average molecular weight is 448 g/mol. The molecule has 0 spiro atoms. The minimum atomic E-state index is -0.236. The van der Waals surface area contributed by atoms with Crippen LogP contribution in [0.25, 0.3) is 0 Å². The van der Waals surface area contributed by atoms with Crippen LogP contribution >= 0.6 is 38.5 Å². The Morgan fingerprint density at radius 2 is 2.05 bits per heavy atom. The van der Waals surface area contributed by atoms with Gasteiger partial charge in [-0.2, -0.15) is 0 Å². The van der Waals surface area contributed by atoms with Crippen molar-refractivity contribution in [2.75, 3.05) is 12.4 Å². The summed E-state index contributed by atoms with van der Waals surface area (Å²) in [6.45, 7) is 0. The van der Waals surface area contributed by atoms with Gasteiger partial charge < -0.3 is 15.2 Å². The molecule has 0 unspecified atom stereocenters. The summed E-state index contributed by atoms with van der Waals surface area (Å²) in [6.07, 6.45) is 0. The van der Waals surface area contributed by atoms with Gasteiger partial charge in [0.05, 0.1) is 12.7 Å². The fourth-order valence-electron chi connectivity index (χ4n) is 1.64. The molecule has 4 nitrogen and oxygen atoms in total. The number of carbonyl (C=O) groups excluding carboxylic acids is 1. The van der Waals surface area contributed by atoms with Crippen LogP contribution in [0.2, 0.25) is 0 Å². The number of amides is 1. The zero-order valence-corrected chi connectivity index (χ0v) is 14.2. The number of methoxy groups -OCH3 is 1. The van der Waals surface area contributed by atoms with Gasteiger partial charge in [-0.1, -0.05) is 15.9 Å². The Balaban J connectivity index is 2.23. The Hall–Kier alpha value is -1.28. The third-order valence-corrected chi connectivity index (χ3v) is 4.04. The number of anilines is 1. The standard InChI is InChI=1S/C14H11BrINO3/c1-20-13-5-3-9(7-12(13)18)17-14(19)10-6-8(15)2-4-11(10)16/h2-7,18H,1H3,(H,17,19). The van der Waals surface area contributed by atoms with E-state index < -0.39 is 0 Å². The van der Waals surface area contributed by atoms with Gasteiger partial charge in [0.25, 0.3) is 5.91 Å². The van der Waals surface area contributed by atoms with Crippen LogP contribution in [0.15, 0.2) is 40.9 Å². The van der Waals surface area contributed by atoms with Crippen molar-refractivity contribution < 1.29 is 14.6 Å². The zero-order valence-electron chi connectivity index (χ0n) is 10.5. The van der Waals surface area contributed by atoms with E-state index in [1.165, 1.54) is 13.2 Å². The maximum Gasteiger partial charge on any atom is 0.256 e. The molecule has 0 saturated heterocycles. The molecule has 0 aliphatic rings. The van der Waals surface area contributed by atoms with Crippen LogP contribution in [0.5, 0.6) is 11.5 Å². The maximum atomic E-state index is 12.2. The highest BCUT2D eigenvalue weighted by molar-refractivity contribution is 14.1. The Morgan fingerprint density at radius 3 is 2.70 bits per heavy atom. The summed E-state index contributed by atoms with van der Waals surface area (Å²) in [5.41, 5.74) is 1.07. The largest absolute Gasteiger partial charge is 0.504 e. The molecule has 6 heteroatoms. The normalized spacial score (nSPS) is 10.2. The quantitative estimate of drug-likeness (QED) is 0.698. The minimum Gasteiger partial charge on any atom is -0.504 e. The smallest absolute Gasteiger partial charge is 0.256 e. The van der Waals surface area contributed by atoms with Crippen molar-refractivity contribution in [3.8, 4) is 11.5 Å². The molecule has 2 rings (SSSR count). The number of carbonyl (C=O) groups is 1. The lowest BCUT2D eigenvalue weighted by Crippen LogP contribution is -2.13. The van der Waals surface area contributed by atoms with Gasteiger partial charge in [0.15, 0.2) is 11.5 Å². The summed E-state index contributed by atoms with van der Waals surface area (Å²) < 4.78 is 6.64. The Bertz CT molecular complexity index is 661. The molecular weight excluding hydrogens is 437 g/mol. The lowest BCUT2D eigenvalue weighted by molar-refractivity contribution is 0.102. The van der Waals surface area contributed by atoms with Crippen molar-refractivity contribution in [2.24, 2.45) is 0 Å². The summed E-state index contributed by atoms with van der Waals surface area (Å²) in [5, 5.41) is 12.4. The van der Waals surface area contributed by atoms with Crippen molar-refractivity contribution in [3.63, 3.8) is 0 Å². The van der Waals surface area contributed by atoms with Gasteiger partial charge in [-0.25, -0.2) is 0 Å². The number of aromatic hydroxyl groups is 1. The number of halogens is 2. The molecule has 0 saturated carbocycles. The summed E-state index contributed by atoms with van der Waals surface area (Å²) in [7, 11) is 1.47. The molecule has 104 valence electrons. The van der Waals surface area contributed by atoms with E-state index in [1.54, 1.807) is 18.2 Å². The van der Waals surface area contributed by atoms with Gasteiger partial charge in [-0.05, 0) is 52.9 Å². The third kappa shape index (κ3) is 3.43. The van der Waals surface area contributed by atoms with E-state index in [0.29, 0.717) is 17.0 Å². The Labute approximate surface area is 138 Å². The summed E-state index contributed by atoms with van der Waals surface area (Å²) in [6, 6.07) is 10.2. The van der Waals surface area contributed by atoms with Crippen molar-refractivity contribution >= 4 is 50.1 Å². The number of hydrogen-bond donors (Lipinski definition) is 2. The summed E-state index contributed by atoms with van der Waals surface area (Å²) >= 11 is 5.44. The Kier molecular flexibility index (Phi) is 4.87. The van der Waals surface area contributed by atoms with Crippen molar-refractivity contribution in [2.45, 2.75) is 0 Å². The van der Waals surface area contributed by atoms with Crippen LogP contribution < -0.4 is 10.1 Å². The maximum absolute atomic E-state index is 12.2. The highest BCUT2D eigenvalue weighted by Crippen LogP contribution is 2.29. The number of nitrogens with one attached hydrogen (secondary N) is 1. The monoisotopic (exact) mass is 447 g/mol. The highest BCUT2D eigenvalue weighted by Gasteiger charge is 2.12. The van der Waals surface area contributed by atoms with Crippen molar-refractivity contribution in [3.05, 3.63) is 50.0 Å². The van der Waals surface area contributed by atoms with Gasteiger partial charge in [0.1, 0.15) is 0 Å². The van der Waals surface area contributed by atoms with Crippen LogP contribution in [0.3, 0.4) is 0 Å².